The molecule has 0 saturated heterocycles. The maximum absolute atomic E-state index is 13.1. The summed E-state index contributed by atoms with van der Waals surface area (Å²) in [7, 11) is 0. The zero-order valence-electron chi connectivity index (χ0n) is 15.2. The van der Waals surface area contributed by atoms with E-state index in [1.807, 2.05) is 30.3 Å². The summed E-state index contributed by atoms with van der Waals surface area (Å²) in [5.74, 6) is -0.958. The lowest BCUT2D eigenvalue weighted by Gasteiger charge is -2.30. The Morgan fingerprint density at radius 2 is 1.68 bits per heavy atom. The minimum atomic E-state index is -0.605. The van der Waals surface area contributed by atoms with Gasteiger partial charge in [0.1, 0.15) is 5.82 Å². The molecule has 138 valence electrons. The zero-order valence-corrected chi connectivity index (χ0v) is 15.2. The van der Waals surface area contributed by atoms with Crippen LogP contribution in [0.2, 0.25) is 0 Å². The molecule has 0 aliphatic carbocycles. The fourth-order valence-electron chi connectivity index (χ4n) is 3.32. The van der Waals surface area contributed by atoms with Gasteiger partial charge in [-0.15, -0.1) is 0 Å². The molecule has 5 heteroatoms. The molecule has 0 fully saturated rings. The molecular formula is C23H19N3O2. The topological polar surface area (TPSA) is 62.6 Å². The quantitative estimate of drug-likeness (QED) is 0.509. The first-order chi connectivity index (χ1) is 13.8. The zero-order chi connectivity index (χ0) is 19.3. The van der Waals surface area contributed by atoms with Gasteiger partial charge in [-0.1, -0.05) is 54.6 Å². The summed E-state index contributed by atoms with van der Waals surface area (Å²) in [5, 5.41) is 0. The lowest BCUT2D eigenvalue weighted by Crippen LogP contribution is -2.46. The smallest absolute Gasteiger partial charge is 0.266 e. The molecule has 0 N–H and O–H groups in total. The Morgan fingerprint density at radius 3 is 2.46 bits per heavy atom. The highest BCUT2D eigenvalue weighted by atomic mass is 16.2. The highest BCUT2D eigenvalue weighted by Crippen LogP contribution is 2.30. The number of carbonyl (C=O) groups excluding carboxylic acids is 2. The summed E-state index contributed by atoms with van der Waals surface area (Å²) in [5.41, 5.74) is 2.39. The van der Waals surface area contributed by atoms with Crippen LogP contribution in [0, 0.1) is 0 Å². The van der Waals surface area contributed by atoms with Gasteiger partial charge in [0, 0.05) is 24.5 Å². The highest BCUT2D eigenvalue weighted by Gasteiger charge is 2.39. The predicted octanol–water partition coefficient (Wildman–Crippen LogP) is 3.67. The molecule has 1 aromatic heterocycles. The van der Waals surface area contributed by atoms with Gasteiger partial charge in [0.25, 0.3) is 5.91 Å². The maximum Gasteiger partial charge on any atom is 0.266 e. The molecule has 4 rings (SSSR count). The summed E-state index contributed by atoms with van der Waals surface area (Å²) in [6.45, 7) is 0.577. The van der Waals surface area contributed by atoms with E-state index >= 15 is 0 Å². The van der Waals surface area contributed by atoms with Crippen LogP contribution in [0.3, 0.4) is 0 Å². The largest absolute Gasteiger partial charge is 0.296 e. The number of fused-ring (bicyclic) bond motifs is 1. The molecule has 5 nitrogen and oxygen atoms in total. The first kappa shape index (κ1) is 17.8. The Labute approximate surface area is 163 Å². The summed E-state index contributed by atoms with van der Waals surface area (Å²) in [4.78, 5) is 35.9. The van der Waals surface area contributed by atoms with E-state index in [4.69, 9.17) is 0 Å². The van der Waals surface area contributed by atoms with Crippen molar-refractivity contribution in [2.24, 2.45) is 4.99 Å². The maximum atomic E-state index is 13.1. The first-order valence-electron chi connectivity index (χ1n) is 9.18. The van der Waals surface area contributed by atoms with Crippen LogP contribution in [-0.2, 0) is 11.2 Å². The van der Waals surface area contributed by atoms with E-state index < -0.39 is 5.92 Å². The van der Waals surface area contributed by atoms with Crippen LogP contribution in [0.5, 0.6) is 0 Å². The summed E-state index contributed by atoms with van der Waals surface area (Å²) < 4.78 is 0. The van der Waals surface area contributed by atoms with Crippen LogP contribution in [-0.4, -0.2) is 29.6 Å². The third kappa shape index (κ3) is 3.47. The number of benzene rings is 2. The van der Waals surface area contributed by atoms with Gasteiger partial charge in [-0.2, -0.15) is 0 Å². The van der Waals surface area contributed by atoms with Crippen molar-refractivity contribution in [2.45, 2.75) is 12.3 Å². The first-order valence-corrected chi connectivity index (χ1v) is 9.18. The third-order valence-corrected chi connectivity index (χ3v) is 4.72. The molecule has 0 radical (unpaired) electrons. The van der Waals surface area contributed by atoms with Gasteiger partial charge >= 0.3 is 0 Å². The Kier molecular flexibility index (Phi) is 5.06. The second-order valence-corrected chi connectivity index (χ2v) is 6.52. The lowest BCUT2D eigenvalue weighted by molar-refractivity contribution is -0.118. The molecular weight excluding hydrogens is 350 g/mol. The van der Waals surface area contributed by atoms with E-state index in [-0.39, 0.29) is 11.8 Å². The van der Waals surface area contributed by atoms with Gasteiger partial charge in [-0.05, 0) is 35.7 Å². The van der Waals surface area contributed by atoms with E-state index in [2.05, 4.69) is 22.1 Å². The van der Waals surface area contributed by atoms with E-state index in [9.17, 15) is 9.59 Å². The van der Waals surface area contributed by atoms with Gasteiger partial charge in [0.15, 0.2) is 0 Å². The molecule has 0 bridgehead atoms. The number of amides is 2. The van der Waals surface area contributed by atoms with Gasteiger partial charge in [0.2, 0.25) is 5.91 Å². The molecule has 3 aromatic rings. The van der Waals surface area contributed by atoms with Gasteiger partial charge in [0.05, 0.1) is 5.92 Å². The van der Waals surface area contributed by atoms with E-state index in [1.165, 1.54) is 5.56 Å². The second kappa shape index (κ2) is 7.96. The molecule has 0 saturated carbocycles. The number of imide groups is 1. The monoisotopic (exact) mass is 369 g/mol. The minimum Gasteiger partial charge on any atom is -0.296 e. The minimum absolute atomic E-state index is 0.328. The number of aliphatic imine (C=N–C) groups is 1. The van der Waals surface area contributed by atoms with E-state index in [0.29, 0.717) is 23.5 Å². The van der Waals surface area contributed by atoms with Crippen molar-refractivity contribution in [1.82, 2.24) is 4.98 Å². The van der Waals surface area contributed by atoms with Gasteiger partial charge in [-0.3, -0.25) is 14.6 Å². The average Bonchev–Trinajstić information content (AvgIpc) is 2.75. The van der Waals surface area contributed by atoms with Crippen molar-refractivity contribution in [3.05, 3.63) is 95.7 Å². The predicted molar refractivity (Wildman–Crippen MR) is 109 cm³/mol. The molecule has 1 aliphatic rings. The average molecular weight is 369 g/mol. The molecule has 28 heavy (non-hydrogen) atoms. The Balaban J connectivity index is 1.61. The number of rotatable bonds is 5. The third-order valence-electron chi connectivity index (χ3n) is 4.72. The normalized spacial score (nSPS) is 16.4. The van der Waals surface area contributed by atoms with Crippen molar-refractivity contribution in [2.75, 3.05) is 11.4 Å². The summed E-state index contributed by atoms with van der Waals surface area (Å²) in [6.07, 6.45) is 4.02. The number of hydrogen-bond donors (Lipinski definition) is 0. The second-order valence-electron chi connectivity index (χ2n) is 6.52. The Hall–Kier alpha value is -3.60. The molecule has 2 heterocycles. The Bertz CT molecular complexity index is 1020. The fraction of sp³-hybridized carbons (Fsp3) is 0.130. The number of nitrogens with zero attached hydrogens (tertiary/aromatic N) is 3. The number of anilines is 1. The van der Waals surface area contributed by atoms with Crippen molar-refractivity contribution in [1.29, 1.82) is 0 Å². The SMILES string of the molecule is O=C1c2ccccc2C(C=NCCc2ccccc2)C(=O)N1c1ccccn1. The summed E-state index contributed by atoms with van der Waals surface area (Å²) >= 11 is 0. The standard InChI is InChI=1S/C23H19N3O2/c27-22-19-11-5-4-10-18(19)20(16-24-15-13-17-8-2-1-3-9-17)23(28)26(22)21-12-6-7-14-25-21/h1-12,14,16,20H,13,15H2. The Morgan fingerprint density at radius 1 is 0.929 bits per heavy atom. The number of pyridine rings is 1. The summed E-state index contributed by atoms with van der Waals surface area (Å²) in [6, 6.07) is 22.4. The van der Waals surface area contributed by atoms with E-state index in [0.717, 1.165) is 11.3 Å². The molecule has 1 atom stereocenters. The molecule has 1 unspecified atom stereocenters. The highest BCUT2D eigenvalue weighted by molar-refractivity contribution is 6.28. The van der Waals surface area contributed by atoms with Crippen LogP contribution >= 0.6 is 0 Å². The fourth-order valence-corrected chi connectivity index (χ4v) is 3.32. The lowest BCUT2D eigenvalue weighted by atomic mass is 9.89. The van der Waals surface area contributed by atoms with Crippen LogP contribution in [0.25, 0.3) is 0 Å². The number of hydrogen-bond acceptors (Lipinski definition) is 4. The van der Waals surface area contributed by atoms with Crippen molar-refractivity contribution < 1.29 is 9.59 Å². The molecule has 0 spiro atoms. The molecule has 1 aliphatic heterocycles. The van der Waals surface area contributed by atoms with Gasteiger partial charge < -0.3 is 0 Å². The van der Waals surface area contributed by atoms with Crippen LogP contribution in [0.4, 0.5) is 5.82 Å². The van der Waals surface area contributed by atoms with Crippen molar-refractivity contribution >= 4 is 23.8 Å². The molecule has 2 amide bonds. The van der Waals surface area contributed by atoms with Crippen LogP contribution < -0.4 is 4.90 Å². The number of carbonyl (C=O) groups is 2. The van der Waals surface area contributed by atoms with Crippen molar-refractivity contribution in [3.8, 4) is 0 Å². The van der Waals surface area contributed by atoms with Crippen LogP contribution in [0.1, 0.15) is 27.4 Å². The van der Waals surface area contributed by atoms with Crippen molar-refractivity contribution in [3.63, 3.8) is 0 Å². The van der Waals surface area contributed by atoms with E-state index in [1.54, 1.807) is 42.7 Å². The van der Waals surface area contributed by atoms with Gasteiger partial charge in [-0.25, -0.2) is 9.88 Å². The van der Waals surface area contributed by atoms with Crippen LogP contribution in [0.15, 0.2) is 84.0 Å². The number of aromatic nitrogens is 1. The molecule has 2 aromatic carbocycles.